The van der Waals surface area contributed by atoms with Crippen molar-refractivity contribution in [3.8, 4) is 0 Å². The van der Waals surface area contributed by atoms with Gasteiger partial charge in [0.2, 0.25) is 0 Å². The number of nitrogens with two attached hydrogens (primary N) is 1. The van der Waals surface area contributed by atoms with Crippen LogP contribution in [0.25, 0.3) is 0 Å². The van der Waals surface area contributed by atoms with Gasteiger partial charge in [0.25, 0.3) is 5.91 Å². The molecule has 0 saturated carbocycles. The molecule has 1 amide bonds. The molecule has 1 unspecified atom stereocenters. The van der Waals surface area contributed by atoms with Crippen molar-refractivity contribution in [3.63, 3.8) is 0 Å². The van der Waals surface area contributed by atoms with Crippen molar-refractivity contribution in [2.24, 2.45) is 0 Å². The zero-order valence-electron chi connectivity index (χ0n) is 10.7. The van der Waals surface area contributed by atoms with E-state index in [1.54, 1.807) is 0 Å². The Labute approximate surface area is 106 Å². The zero-order valence-corrected chi connectivity index (χ0v) is 10.7. The Balaban J connectivity index is 2.18. The molecule has 18 heavy (non-hydrogen) atoms. The number of rotatable bonds is 1. The molecule has 0 aliphatic carbocycles. The van der Waals surface area contributed by atoms with Gasteiger partial charge in [-0.3, -0.25) is 4.79 Å². The van der Waals surface area contributed by atoms with E-state index in [0.29, 0.717) is 12.1 Å². The summed E-state index contributed by atoms with van der Waals surface area (Å²) in [7, 11) is 2.04. The highest BCUT2D eigenvalue weighted by atomic mass is 19.1. The van der Waals surface area contributed by atoms with Crippen LogP contribution in [0.2, 0.25) is 0 Å². The number of nitrogen functional groups attached to an aromatic ring is 1. The molecule has 2 N–H and O–H groups in total. The van der Waals surface area contributed by atoms with Crippen LogP contribution < -0.4 is 5.73 Å². The van der Waals surface area contributed by atoms with Gasteiger partial charge in [0.15, 0.2) is 0 Å². The predicted molar refractivity (Wildman–Crippen MR) is 68.8 cm³/mol. The molecule has 4 nitrogen and oxygen atoms in total. The van der Waals surface area contributed by atoms with Gasteiger partial charge in [0.1, 0.15) is 5.82 Å². The minimum atomic E-state index is -0.488. The van der Waals surface area contributed by atoms with E-state index in [1.165, 1.54) is 18.2 Å². The number of amides is 1. The van der Waals surface area contributed by atoms with Gasteiger partial charge in [-0.25, -0.2) is 4.39 Å². The summed E-state index contributed by atoms with van der Waals surface area (Å²) in [4.78, 5) is 16.3. The second-order valence-electron chi connectivity index (χ2n) is 4.85. The molecular weight excluding hydrogens is 233 g/mol. The van der Waals surface area contributed by atoms with Crippen molar-refractivity contribution in [3.05, 3.63) is 29.6 Å². The highest BCUT2D eigenvalue weighted by Crippen LogP contribution is 2.17. The summed E-state index contributed by atoms with van der Waals surface area (Å²) in [6, 6.07) is 4.29. The van der Waals surface area contributed by atoms with Gasteiger partial charge in [0.05, 0.1) is 5.69 Å². The molecule has 5 heteroatoms. The third kappa shape index (κ3) is 2.46. The third-order valence-electron chi connectivity index (χ3n) is 3.33. The summed E-state index contributed by atoms with van der Waals surface area (Å²) in [5.74, 6) is -0.569. The lowest BCUT2D eigenvalue weighted by atomic mass is 10.1. The Bertz CT molecular complexity index is 464. The lowest BCUT2D eigenvalue weighted by Crippen LogP contribution is -2.52. The highest BCUT2D eigenvalue weighted by molar-refractivity contribution is 5.95. The SMILES string of the molecule is CC1CN(C)CCN1C(=O)c1ccc(F)c(N)c1. The molecule has 1 aromatic rings. The van der Waals surface area contributed by atoms with Crippen LogP contribution in [0.15, 0.2) is 18.2 Å². The maximum absolute atomic E-state index is 13.1. The molecule has 0 radical (unpaired) electrons. The van der Waals surface area contributed by atoms with E-state index in [0.717, 1.165) is 13.1 Å². The maximum atomic E-state index is 13.1. The molecule has 2 rings (SSSR count). The smallest absolute Gasteiger partial charge is 0.254 e. The number of likely N-dealkylation sites (N-methyl/N-ethyl adjacent to an activating group) is 1. The molecule has 1 aliphatic heterocycles. The second kappa shape index (κ2) is 4.94. The van der Waals surface area contributed by atoms with E-state index in [1.807, 2.05) is 18.9 Å². The van der Waals surface area contributed by atoms with Crippen molar-refractivity contribution in [1.82, 2.24) is 9.80 Å². The van der Waals surface area contributed by atoms with E-state index in [4.69, 9.17) is 5.73 Å². The summed E-state index contributed by atoms with van der Waals surface area (Å²) in [5, 5.41) is 0. The average Bonchev–Trinajstić information content (AvgIpc) is 2.32. The van der Waals surface area contributed by atoms with Crippen LogP contribution in [0.4, 0.5) is 10.1 Å². The number of halogens is 1. The maximum Gasteiger partial charge on any atom is 0.254 e. The fraction of sp³-hybridized carbons (Fsp3) is 0.462. The first-order valence-electron chi connectivity index (χ1n) is 6.03. The van der Waals surface area contributed by atoms with Crippen molar-refractivity contribution in [2.45, 2.75) is 13.0 Å². The number of piperazine rings is 1. The molecular formula is C13H18FN3O. The van der Waals surface area contributed by atoms with E-state index < -0.39 is 5.82 Å². The Kier molecular flexibility index (Phi) is 3.52. The molecule has 0 bridgehead atoms. The quantitative estimate of drug-likeness (QED) is 0.763. The monoisotopic (exact) mass is 251 g/mol. The molecule has 1 aliphatic rings. The normalized spacial score (nSPS) is 21.1. The number of nitrogens with zero attached hydrogens (tertiary/aromatic N) is 2. The average molecular weight is 251 g/mol. The van der Waals surface area contributed by atoms with Crippen molar-refractivity contribution >= 4 is 11.6 Å². The van der Waals surface area contributed by atoms with Gasteiger partial charge in [-0.05, 0) is 32.2 Å². The number of carbonyl (C=O) groups is 1. The largest absolute Gasteiger partial charge is 0.396 e. The molecule has 1 aromatic carbocycles. The fourth-order valence-corrected chi connectivity index (χ4v) is 2.28. The Hall–Kier alpha value is -1.62. The standard InChI is InChI=1S/C13H18FN3O/c1-9-8-16(2)5-6-17(9)13(18)10-3-4-11(14)12(15)7-10/h3-4,7,9H,5-6,8,15H2,1-2H3. The van der Waals surface area contributed by atoms with E-state index in [2.05, 4.69) is 4.90 Å². The Morgan fingerprint density at radius 2 is 2.17 bits per heavy atom. The lowest BCUT2D eigenvalue weighted by Gasteiger charge is -2.38. The molecule has 0 spiro atoms. The Morgan fingerprint density at radius 1 is 1.44 bits per heavy atom. The van der Waals surface area contributed by atoms with E-state index >= 15 is 0 Å². The first-order valence-corrected chi connectivity index (χ1v) is 6.03. The summed E-state index contributed by atoms with van der Waals surface area (Å²) in [6.07, 6.45) is 0. The van der Waals surface area contributed by atoms with Gasteiger partial charge >= 0.3 is 0 Å². The first-order chi connectivity index (χ1) is 8.49. The van der Waals surface area contributed by atoms with Crippen LogP contribution in [0.1, 0.15) is 17.3 Å². The van der Waals surface area contributed by atoms with Crippen LogP contribution >= 0.6 is 0 Å². The molecule has 1 saturated heterocycles. The summed E-state index contributed by atoms with van der Waals surface area (Å²) >= 11 is 0. The van der Waals surface area contributed by atoms with E-state index in [-0.39, 0.29) is 17.6 Å². The number of carbonyl (C=O) groups excluding carboxylic acids is 1. The van der Waals surface area contributed by atoms with Crippen LogP contribution in [-0.4, -0.2) is 48.4 Å². The topological polar surface area (TPSA) is 49.6 Å². The number of hydrogen-bond donors (Lipinski definition) is 1. The van der Waals surface area contributed by atoms with Crippen LogP contribution in [0.5, 0.6) is 0 Å². The molecule has 1 fully saturated rings. The zero-order chi connectivity index (χ0) is 13.3. The van der Waals surface area contributed by atoms with Crippen LogP contribution in [-0.2, 0) is 0 Å². The van der Waals surface area contributed by atoms with Crippen LogP contribution in [0, 0.1) is 5.82 Å². The van der Waals surface area contributed by atoms with E-state index in [9.17, 15) is 9.18 Å². The van der Waals surface area contributed by atoms with Crippen molar-refractivity contribution in [1.29, 1.82) is 0 Å². The number of hydrogen-bond acceptors (Lipinski definition) is 3. The highest BCUT2D eigenvalue weighted by Gasteiger charge is 2.26. The van der Waals surface area contributed by atoms with Crippen molar-refractivity contribution in [2.75, 3.05) is 32.4 Å². The minimum Gasteiger partial charge on any atom is -0.396 e. The van der Waals surface area contributed by atoms with Gasteiger partial charge in [-0.2, -0.15) is 0 Å². The molecule has 0 aromatic heterocycles. The van der Waals surface area contributed by atoms with Gasteiger partial charge < -0.3 is 15.5 Å². The van der Waals surface area contributed by atoms with Gasteiger partial charge in [-0.15, -0.1) is 0 Å². The number of anilines is 1. The molecule has 98 valence electrons. The lowest BCUT2D eigenvalue weighted by molar-refractivity contribution is 0.0533. The van der Waals surface area contributed by atoms with Gasteiger partial charge in [0, 0.05) is 31.2 Å². The summed E-state index contributed by atoms with van der Waals surface area (Å²) < 4.78 is 13.1. The first kappa shape index (κ1) is 12.8. The molecule has 1 atom stereocenters. The summed E-state index contributed by atoms with van der Waals surface area (Å²) in [6.45, 7) is 4.41. The molecule has 1 heterocycles. The Morgan fingerprint density at radius 3 is 2.78 bits per heavy atom. The summed E-state index contributed by atoms with van der Waals surface area (Å²) in [5.41, 5.74) is 5.96. The van der Waals surface area contributed by atoms with Crippen molar-refractivity contribution < 1.29 is 9.18 Å². The fourth-order valence-electron chi connectivity index (χ4n) is 2.28. The number of benzene rings is 1. The second-order valence-corrected chi connectivity index (χ2v) is 4.85. The third-order valence-corrected chi connectivity index (χ3v) is 3.33. The minimum absolute atomic E-state index is 0.0163. The predicted octanol–water partition coefficient (Wildman–Crippen LogP) is 1.18. The van der Waals surface area contributed by atoms with Gasteiger partial charge in [-0.1, -0.05) is 0 Å². The van der Waals surface area contributed by atoms with Crippen LogP contribution in [0.3, 0.4) is 0 Å².